The van der Waals surface area contributed by atoms with Crippen LogP contribution < -0.4 is 5.32 Å². The van der Waals surface area contributed by atoms with E-state index in [0.717, 1.165) is 28.3 Å². The molecule has 0 aliphatic rings. The van der Waals surface area contributed by atoms with E-state index in [1.54, 1.807) is 11.3 Å². The number of rotatable bonds is 4. The van der Waals surface area contributed by atoms with Crippen molar-refractivity contribution >= 4 is 27.4 Å². The average Bonchev–Trinajstić information content (AvgIpc) is 3.03. The summed E-state index contributed by atoms with van der Waals surface area (Å²) in [6.45, 7) is 4.33. The van der Waals surface area contributed by atoms with E-state index in [1.807, 2.05) is 25.3 Å². The minimum Gasteiger partial charge on any atom is -0.423 e. The second-order valence-corrected chi connectivity index (χ2v) is 4.95. The van der Waals surface area contributed by atoms with Gasteiger partial charge in [-0.2, -0.15) is 0 Å². The first kappa shape index (κ1) is 12.0. The summed E-state index contributed by atoms with van der Waals surface area (Å²) in [5.74, 6) is 2.77. The van der Waals surface area contributed by atoms with Gasteiger partial charge in [-0.3, -0.25) is 0 Å². The molecule has 0 saturated heterocycles. The van der Waals surface area contributed by atoms with E-state index in [0.29, 0.717) is 18.3 Å². The molecular weight excluding hydrogens is 262 g/mol. The fraction of sp³-hybridized carbons (Fsp3) is 0.333. The Kier molecular flexibility index (Phi) is 3.12. The number of hydrogen-bond donors (Lipinski definition) is 1. The van der Waals surface area contributed by atoms with Gasteiger partial charge in [-0.1, -0.05) is 6.92 Å². The third-order valence-corrected chi connectivity index (χ3v) is 3.46. The van der Waals surface area contributed by atoms with Gasteiger partial charge in [0.1, 0.15) is 16.5 Å². The number of aryl methyl sites for hydroxylation is 2. The van der Waals surface area contributed by atoms with Crippen molar-refractivity contribution in [2.45, 2.75) is 26.8 Å². The van der Waals surface area contributed by atoms with Crippen LogP contribution in [-0.4, -0.2) is 20.2 Å². The Hall–Kier alpha value is -2.02. The van der Waals surface area contributed by atoms with Gasteiger partial charge in [-0.15, -0.1) is 21.5 Å². The van der Waals surface area contributed by atoms with Crippen molar-refractivity contribution in [1.82, 2.24) is 20.2 Å². The lowest BCUT2D eigenvalue weighted by molar-refractivity contribution is 0.460. The van der Waals surface area contributed by atoms with Gasteiger partial charge in [0, 0.05) is 6.42 Å². The Morgan fingerprint density at radius 2 is 2.11 bits per heavy atom. The molecule has 0 spiro atoms. The van der Waals surface area contributed by atoms with Crippen molar-refractivity contribution in [3.05, 3.63) is 29.1 Å². The SMILES string of the molecule is CCc1nnc(CNc2nc(C)nc3sccc23)o1. The molecule has 3 rings (SSSR count). The van der Waals surface area contributed by atoms with E-state index in [9.17, 15) is 0 Å². The van der Waals surface area contributed by atoms with Crippen LogP contribution in [0.25, 0.3) is 10.2 Å². The first-order chi connectivity index (χ1) is 9.26. The molecule has 0 amide bonds. The molecule has 3 aromatic rings. The molecule has 7 heteroatoms. The molecular formula is C12H13N5OS. The predicted octanol–water partition coefficient (Wildman–Crippen LogP) is 2.56. The zero-order valence-electron chi connectivity index (χ0n) is 10.7. The first-order valence-electron chi connectivity index (χ1n) is 6.03. The third kappa shape index (κ3) is 2.41. The molecule has 3 heterocycles. The number of nitrogens with one attached hydrogen (secondary N) is 1. The fourth-order valence-corrected chi connectivity index (χ4v) is 2.57. The summed E-state index contributed by atoms with van der Waals surface area (Å²) in [6, 6.07) is 2.01. The van der Waals surface area contributed by atoms with Crippen LogP contribution in [0.4, 0.5) is 5.82 Å². The number of nitrogens with zero attached hydrogens (tertiary/aromatic N) is 4. The van der Waals surface area contributed by atoms with Crippen molar-refractivity contribution < 1.29 is 4.42 Å². The van der Waals surface area contributed by atoms with Gasteiger partial charge in [-0.05, 0) is 18.4 Å². The largest absolute Gasteiger partial charge is 0.423 e. The molecule has 19 heavy (non-hydrogen) atoms. The lowest BCUT2D eigenvalue weighted by atomic mass is 10.3. The van der Waals surface area contributed by atoms with E-state index in [1.165, 1.54) is 0 Å². The Morgan fingerprint density at radius 1 is 1.26 bits per heavy atom. The Morgan fingerprint density at radius 3 is 2.89 bits per heavy atom. The minimum absolute atomic E-state index is 0.467. The highest BCUT2D eigenvalue weighted by molar-refractivity contribution is 7.16. The highest BCUT2D eigenvalue weighted by Gasteiger charge is 2.09. The van der Waals surface area contributed by atoms with Crippen molar-refractivity contribution in [1.29, 1.82) is 0 Å². The summed E-state index contributed by atoms with van der Waals surface area (Å²) < 4.78 is 5.45. The molecule has 0 aliphatic carbocycles. The van der Waals surface area contributed by atoms with E-state index in [4.69, 9.17) is 4.42 Å². The monoisotopic (exact) mass is 275 g/mol. The van der Waals surface area contributed by atoms with Gasteiger partial charge in [0.2, 0.25) is 11.8 Å². The molecule has 0 bridgehead atoms. The van der Waals surface area contributed by atoms with E-state index < -0.39 is 0 Å². The molecule has 0 saturated carbocycles. The Labute approximate surface area is 113 Å². The topological polar surface area (TPSA) is 76.7 Å². The fourth-order valence-electron chi connectivity index (χ4n) is 1.76. The van der Waals surface area contributed by atoms with Gasteiger partial charge in [0.15, 0.2) is 0 Å². The van der Waals surface area contributed by atoms with Gasteiger partial charge >= 0.3 is 0 Å². The van der Waals surface area contributed by atoms with Crippen molar-refractivity contribution in [2.24, 2.45) is 0 Å². The third-order valence-electron chi connectivity index (χ3n) is 2.66. The summed E-state index contributed by atoms with van der Waals surface area (Å²) in [6.07, 6.45) is 0.744. The predicted molar refractivity (Wildman–Crippen MR) is 73.2 cm³/mol. The molecule has 0 fully saturated rings. The number of thiophene rings is 1. The molecule has 1 N–H and O–H groups in total. The van der Waals surface area contributed by atoms with Crippen molar-refractivity contribution in [2.75, 3.05) is 5.32 Å². The zero-order chi connectivity index (χ0) is 13.2. The normalized spacial score (nSPS) is 11.1. The molecule has 0 aliphatic heterocycles. The molecule has 0 aromatic carbocycles. The lowest BCUT2D eigenvalue weighted by Crippen LogP contribution is -2.03. The molecule has 0 atom stereocenters. The summed E-state index contributed by atoms with van der Waals surface area (Å²) in [4.78, 5) is 9.78. The van der Waals surface area contributed by atoms with Crippen LogP contribution >= 0.6 is 11.3 Å². The highest BCUT2D eigenvalue weighted by Crippen LogP contribution is 2.25. The van der Waals surface area contributed by atoms with Crippen LogP contribution in [-0.2, 0) is 13.0 Å². The second kappa shape index (κ2) is 4.93. The molecule has 0 radical (unpaired) electrons. The standard InChI is InChI=1S/C12H13N5OS/c1-3-9-16-17-10(18-9)6-13-11-8-4-5-19-12(8)15-7(2)14-11/h4-5H,3,6H2,1-2H3,(H,13,14,15). The van der Waals surface area contributed by atoms with Crippen LogP contribution in [0.15, 0.2) is 15.9 Å². The van der Waals surface area contributed by atoms with Gasteiger partial charge in [-0.25, -0.2) is 9.97 Å². The maximum Gasteiger partial charge on any atom is 0.235 e. The molecule has 6 nitrogen and oxygen atoms in total. The van der Waals surface area contributed by atoms with Crippen molar-refractivity contribution in [3.63, 3.8) is 0 Å². The summed E-state index contributed by atoms with van der Waals surface area (Å²) in [5.41, 5.74) is 0. The molecule has 3 aromatic heterocycles. The first-order valence-corrected chi connectivity index (χ1v) is 6.91. The maximum atomic E-state index is 5.45. The van der Waals surface area contributed by atoms with Crippen LogP contribution in [0.1, 0.15) is 24.5 Å². The van der Waals surface area contributed by atoms with Crippen LogP contribution in [0.5, 0.6) is 0 Å². The van der Waals surface area contributed by atoms with Crippen LogP contribution in [0, 0.1) is 6.92 Å². The van der Waals surface area contributed by atoms with E-state index in [-0.39, 0.29) is 0 Å². The van der Waals surface area contributed by atoms with Gasteiger partial charge in [0.25, 0.3) is 0 Å². The Balaban J connectivity index is 1.83. The average molecular weight is 275 g/mol. The smallest absolute Gasteiger partial charge is 0.235 e. The lowest BCUT2D eigenvalue weighted by Gasteiger charge is -2.04. The molecule has 98 valence electrons. The summed E-state index contributed by atoms with van der Waals surface area (Å²) in [7, 11) is 0. The minimum atomic E-state index is 0.467. The number of aromatic nitrogens is 4. The summed E-state index contributed by atoms with van der Waals surface area (Å²) in [5, 5.41) is 14.2. The maximum absolute atomic E-state index is 5.45. The van der Waals surface area contributed by atoms with Gasteiger partial charge < -0.3 is 9.73 Å². The van der Waals surface area contributed by atoms with Crippen molar-refractivity contribution in [3.8, 4) is 0 Å². The van der Waals surface area contributed by atoms with Gasteiger partial charge in [0.05, 0.1) is 11.9 Å². The summed E-state index contributed by atoms with van der Waals surface area (Å²) >= 11 is 1.60. The zero-order valence-corrected chi connectivity index (χ0v) is 11.5. The highest BCUT2D eigenvalue weighted by atomic mass is 32.1. The molecule has 0 unspecified atom stereocenters. The number of hydrogen-bond acceptors (Lipinski definition) is 7. The number of anilines is 1. The van der Waals surface area contributed by atoms with Crippen LogP contribution in [0.3, 0.4) is 0 Å². The number of fused-ring (bicyclic) bond motifs is 1. The Bertz CT molecular complexity index is 705. The van der Waals surface area contributed by atoms with Crippen LogP contribution in [0.2, 0.25) is 0 Å². The quantitative estimate of drug-likeness (QED) is 0.788. The van der Waals surface area contributed by atoms with E-state index in [2.05, 4.69) is 25.5 Å². The van der Waals surface area contributed by atoms with E-state index >= 15 is 0 Å². The second-order valence-electron chi connectivity index (χ2n) is 4.06.